The highest BCUT2D eigenvalue weighted by atomic mass is 16.4. The molecular formula is C16H17N3O2. The zero-order valence-corrected chi connectivity index (χ0v) is 11.6. The summed E-state index contributed by atoms with van der Waals surface area (Å²) in [4.78, 5) is 16.5. The molecule has 0 aromatic carbocycles. The quantitative estimate of drug-likeness (QED) is 0.903. The van der Waals surface area contributed by atoms with Crippen LogP contribution in [0.5, 0.6) is 0 Å². The predicted molar refractivity (Wildman–Crippen MR) is 77.8 cm³/mol. The van der Waals surface area contributed by atoms with E-state index in [-0.39, 0.29) is 11.9 Å². The molecule has 0 unspecified atom stereocenters. The monoisotopic (exact) mass is 283 g/mol. The highest BCUT2D eigenvalue weighted by Gasteiger charge is 2.39. The summed E-state index contributed by atoms with van der Waals surface area (Å²) in [5.41, 5.74) is 0.734. The number of fused-ring (bicyclic) bond motifs is 2. The van der Waals surface area contributed by atoms with Crippen LogP contribution in [0.1, 0.15) is 29.8 Å². The van der Waals surface area contributed by atoms with E-state index in [0.29, 0.717) is 23.6 Å². The first kappa shape index (κ1) is 12.6. The largest absolute Gasteiger partial charge is 0.449 e. The maximum atomic E-state index is 12.3. The normalized spacial score (nSPS) is 27.0. The number of rotatable bonds is 3. The third-order valence-electron chi connectivity index (χ3n) is 4.36. The Hall–Kier alpha value is -2.14. The molecule has 0 aliphatic carbocycles. The fourth-order valence-electron chi connectivity index (χ4n) is 3.33. The van der Waals surface area contributed by atoms with Crippen molar-refractivity contribution in [3.05, 3.63) is 42.3 Å². The lowest BCUT2D eigenvalue weighted by Crippen LogP contribution is -2.42. The molecular weight excluding hydrogens is 266 g/mol. The fourth-order valence-corrected chi connectivity index (χ4v) is 3.33. The predicted octanol–water partition coefficient (Wildman–Crippen LogP) is 1.96. The third kappa shape index (κ3) is 2.34. The van der Waals surface area contributed by atoms with E-state index in [0.717, 1.165) is 18.5 Å². The molecule has 108 valence electrons. The van der Waals surface area contributed by atoms with Gasteiger partial charge in [-0.15, -0.1) is 0 Å². The minimum Gasteiger partial charge on any atom is -0.449 e. The lowest BCUT2D eigenvalue weighted by atomic mass is 9.95. The van der Waals surface area contributed by atoms with Crippen LogP contribution in [-0.4, -0.2) is 29.0 Å². The highest BCUT2D eigenvalue weighted by Crippen LogP contribution is 2.28. The molecule has 2 aromatic heterocycles. The first-order valence-corrected chi connectivity index (χ1v) is 7.38. The Morgan fingerprint density at radius 1 is 1.29 bits per heavy atom. The molecule has 1 amide bonds. The molecule has 5 nitrogen and oxygen atoms in total. The van der Waals surface area contributed by atoms with Crippen molar-refractivity contribution in [1.82, 2.24) is 15.6 Å². The molecule has 2 aromatic rings. The SMILES string of the molecule is O=C(N[C@@H]1C[C@@H]2CC[C@@H]1N2)c1ccc(-c2ccccn2)o1. The Kier molecular flexibility index (Phi) is 3.00. The van der Waals surface area contributed by atoms with Gasteiger partial charge < -0.3 is 15.1 Å². The fraction of sp³-hybridized carbons (Fsp3) is 0.375. The third-order valence-corrected chi connectivity index (χ3v) is 4.36. The Balaban J connectivity index is 1.47. The van der Waals surface area contributed by atoms with Crippen molar-refractivity contribution in [3.8, 4) is 11.5 Å². The number of nitrogens with zero attached hydrogens (tertiary/aromatic N) is 1. The Bertz CT molecular complexity index is 653. The maximum Gasteiger partial charge on any atom is 0.287 e. The zero-order valence-electron chi connectivity index (χ0n) is 11.6. The second-order valence-electron chi connectivity index (χ2n) is 5.74. The summed E-state index contributed by atoms with van der Waals surface area (Å²) in [6.07, 6.45) is 5.09. The number of pyridine rings is 1. The van der Waals surface area contributed by atoms with Crippen LogP contribution >= 0.6 is 0 Å². The Morgan fingerprint density at radius 3 is 2.95 bits per heavy atom. The van der Waals surface area contributed by atoms with Crippen LogP contribution in [0.4, 0.5) is 0 Å². The van der Waals surface area contributed by atoms with Crippen LogP contribution in [0.3, 0.4) is 0 Å². The molecule has 2 aliphatic rings. The van der Waals surface area contributed by atoms with Gasteiger partial charge in [0.25, 0.3) is 5.91 Å². The van der Waals surface area contributed by atoms with Gasteiger partial charge in [-0.3, -0.25) is 9.78 Å². The maximum absolute atomic E-state index is 12.3. The lowest BCUT2D eigenvalue weighted by Gasteiger charge is -2.20. The molecule has 21 heavy (non-hydrogen) atoms. The molecule has 0 radical (unpaired) electrons. The number of amides is 1. The minimum absolute atomic E-state index is 0.142. The van der Waals surface area contributed by atoms with E-state index in [1.54, 1.807) is 18.3 Å². The van der Waals surface area contributed by atoms with Gasteiger partial charge in [-0.2, -0.15) is 0 Å². The van der Waals surface area contributed by atoms with Gasteiger partial charge in [-0.05, 0) is 43.5 Å². The van der Waals surface area contributed by atoms with Crippen molar-refractivity contribution in [1.29, 1.82) is 0 Å². The second-order valence-corrected chi connectivity index (χ2v) is 5.74. The summed E-state index contributed by atoms with van der Waals surface area (Å²) >= 11 is 0. The van der Waals surface area contributed by atoms with Gasteiger partial charge in [0.2, 0.25) is 0 Å². The lowest BCUT2D eigenvalue weighted by molar-refractivity contribution is 0.0903. The van der Waals surface area contributed by atoms with Gasteiger partial charge in [0.15, 0.2) is 11.5 Å². The van der Waals surface area contributed by atoms with Gasteiger partial charge in [0.1, 0.15) is 5.69 Å². The van der Waals surface area contributed by atoms with Gasteiger partial charge in [-0.25, -0.2) is 0 Å². The van der Waals surface area contributed by atoms with Gasteiger partial charge >= 0.3 is 0 Å². The average Bonchev–Trinajstić information content (AvgIpc) is 3.24. The number of hydrogen-bond donors (Lipinski definition) is 2. The van der Waals surface area contributed by atoms with E-state index in [1.807, 2.05) is 18.2 Å². The van der Waals surface area contributed by atoms with E-state index >= 15 is 0 Å². The molecule has 0 spiro atoms. The molecule has 4 heterocycles. The van der Waals surface area contributed by atoms with Crippen molar-refractivity contribution in [3.63, 3.8) is 0 Å². The molecule has 5 heteroatoms. The molecule has 4 rings (SSSR count). The summed E-state index contributed by atoms with van der Waals surface area (Å²) < 4.78 is 5.63. The highest BCUT2D eigenvalue weighted by molar-refractivity contribution is 5.92. The van der Waals surface area contributed by atoms with E-state index in [4.69, 9.17) is 4.42 Å². The first-order valence-electron chi connectivity index (χ1n) is 7.38. The standard InChI is InChI=1S/C16H17N3O2/c20-16(19-13-9-10-4-5-11(13)18-10)15-7-6-14(21-15)12-3-1-2-8-17-12/h1-3,6-8,10-11,13,18H,4-5,9H2,(H,19,20)/t10-,11-,13+/m0/s1. The van der Waals surface area contributed by atoms with Crippen molar-refractivity contribution in [2.45, 2.75) is 37.4 Å². The van der Waals surface area contributed by atoms with Crippen LogP contribution < -0.4 is 10.6 Å². The van der Waals surface area contributed by atoms with Crippen molar-refractivity contribution in [2.24, 2.45) is 0 Å². The van der Waals surface area contributed by atoms with Crippen LogP contribution in [0.15, 0.2) is 40.9 Å². The minimum atomic E-state index is -0.142. The molecule has 2 N–H and O–H groups in total. The smallest absolute Gasteiger partial charge is 0.287 e. The number of carbonyl (C=O) groups is 1. The Labute approximate surface area is 122 Å². The second kappa shape index (κ2) is 5.00. The zero-order chi connectivity index (χ0) is 14.2. The average molecular weight is 283 g/mol. The van der Waals surface area contributed by atoms with Crippen LogP contribution in [-0.2, 0) is 0 Å². The van der Waals surface area contributed by atoms with Crippen molar-refractivity contribution >= 4 is 5.91 Å². The molecule has 2 fully saturated rings. The molecule has 3 atom stereocenters. The number of hydrogen-bond acceptors (Lipinski definition) is 4. The van der Waals surface area contributed by atoms with Crippen LogP contribution in [0, 0.1) is 0 Å². The van der Waals surface area contributed by atoms with Gasteiger partial charge in [-0.1, -0.05) is 6.07 Å². The van der Waals surface area contributed by atoms with E-state index < -0.39 is 0 Å². The number of aromatic nitrogens is 1. The number of furan rings is 1. The van der Waals surface area contributed by atoms with E-state index in [2.05, 4.69) is 15.6 Å². The summed E-state index contributed by atoms with van der Waals surface area (Å²) in [6, 6.07) is 10.3. The van der Waals surface area contributed by atoms with Gasteiger partial charge in [0, 0.05) is 24.3 Å². The summed E-state index contributed by atoms with van der Waals surface area (Å²) in [6.45, 7) is 0. The van der Waals surface area contributed by atoms with E-state index in [9.17, 15) is 4.79 Å². The molecule has 2 bridgehead atoms. The van der Waals surface area contributed by atoms with E-state index in [1.165, 1.54) is 6.42 Å². The summed E-state index contributed by atoms with van der Waals surface area (Å²) in [5.74, 6) is 0.821. The molecule has 0 saturated carbocycles. The topological polar surface area (TPSA) is 67.2 Å². The van der Waals surface area contributed by atoms with Crippen molar-refractivity contribution in [2.75, 3.05) is 0 Å². The molecule has 2 saturated heterocycles. The Morgan fingerprint density at radius 2 is 2.24 bits per heavy atom. The first-order chi connectivity index (χ1) is 10.3. The van der Waals surface area contributed by atoms with Gasteiger partial charge in [0.05, 0.1) is 0 Å². The number of carbonyl (C=O) groups excluding carboxylic acids is 1. The van der Waals surface area contributed by atoms with Crippen molar-refractivity contribution < 1.29 is 9.21 Å². The summed E-state index contributed by atoms with van der Waals surface area (Å²) in [7, 11) is 0. The number of nitrogens with one attached hydrogen (secondary N) is 2. The molecule has 2 aliphatic heterocycles. The van der Waals surface area contributed by atoms with Crippen LogP contribution in [0.25, 0.3) is 11.5 Å². The van der Waals surface area contributed by atoms with Crippen LogP contribution in [0.2, 0.25) is 0 Å². The summed E-state index contributed by atoms with van der Waals surface area (Å²) in [5, 5.41) is 6.59.